The molecule has 5 rings (SSSR count). The van der Waals surface area contributed by atoms with E-state index in [1.807, 2.05) is 12.4 Å². The van der Waals surface area contributed by atoms with Gasteiger partial charge in [0, 0.05) is 18.8 Å². The van der Waals surface area contributed by atoms with Gasteiger partial charge in [-0.05, 0) is 96.7 Å². The van der Waals surface area contributed by atoms with E-state index in [2.05, 4.69) is 47.9 Å². The molecule has 1 aromatic rings. The van der Waals surface area contributed by atoms with Crippen molar-refractivity contribution in [2.45, 2.75) is 71.3 Å². The number of rotatable bonds is 5. The van der Waals surface area contributed by atoms with Crippen LogP contribution < -0.4 is 0 Å². The van der Waals surface area contributed by atoms with E-state index in [9.17, 15) is 9.90 Å². The molecule has 1 aromatic heterocycles. The van der Waals surface area contributed by atoms with Gasteiger partial charge in [-0.15, -0.1) is 0 Å². The fraction of sp³-hybridized carbons (Fsp3) is 0.643. The monoisotopic (exact) mass is 451 g/mol. The molecule has 0 saturated heterocycles. The molecule has 0 spiro atoms. The van der Waals surface area contributed by atoms with Crippen LogP contribution in [0.15, 0.2) is 42.3 Å². The minimum absolute atomic E-state index is 0.0700. The summed E-state index contributed by atoms with van der Waals surface area (Å²) in [6.07, 6.45) is 15.4. The van der Waals surface area contributed by atoms with E-state index in [0.717, 1.165) is 25.7 Å². The zero-order chi connectivity index (χ0) is 23.2. The normalized spacial score (nSPS) is 38.3. The lowest BCUT2D eigenvalue weighted by Crippen LogP contribution is -2.50. The van der Waals surface area contributed by atoms with Gasteiger partial charge in [0.15, 0.2) is 0 Å². The second-order valence-electron chi connectivity index (χ2n) is 11.3. The standard InChI is InChI=1S/C28H37NO4/c1-27-12-9-18(25(30)11-15-33-26(31)32)16-20(27)5-6-21-23-8-7-22(19-4-3-14-29-17-19)28(23,2)13-10-24(21)27/h3-5,7,14,17-18,21,23-25,30H,6,8-13,15-16H2,1-2H3,(H,31,32)/t18-,21-,23-,24-,25?,27-,28+/m0/s1. The summed E-state index contributed by atoms with van der Waals surface area (Å²) in [5.74, 6) is 2.33. The second kappa shape index (κ2) is 8.57. The Bertz CT molecular complexity index is 956. The molecular weight excluding hydrogens is 414 g/mol. The van der Waals surface area contributed by atoms with Crippen molar-refractivity contribution in [1.29, 1.82) is 0 Å². The Hall–Kier alpha value is -2.14. The molecule has 2 saturated carbocycles. The van der Waals surface area contributed by atoms with Crippen molar-refractivity contribution in [2.75, 3.05) is 6.61 Å². The quantitative estimate of drug-likeness (QED) is 0.418. The summed E-state index contributed by atoms with van der Waals surface area (Å²) in [7, 11) is 0. The molecule has 0 radical (unpaired) electrons. The van der Waals surface area contributed by atoms with E-state index < -0.39 is 12.3 Å². The summed E-state index contributed by atoms with van der Waals surface area (Å²) in [6, 6.07) is 4.27. The largest absolute Gasteiger partial charge is 0.505 e. The molecule has 4 aliphatic carbocycles. The van der Waals surface area contributed by atoms with Gasteiger partial charge in [-0.3, -0.25) is 4.98 Å². The van der Waals surface area contributed by atoms with Crippen molar-refractivity contribution in [3.05, 3.63) is 47.8 Å². The van der Waals surface area contributed by atoms with Crippen LogP contribution in [-0.4, -0.2) is 34.1 Å². The molecule has 0 aliphatic heterocycles. The van der Waals surface area contributed by atoms with E-state index in [1.165, 1.54) is 30.4 Å². The van der Waals surface area contributed by atoms with Crippen molar-refractivity contribution in [1.82, 2.24) is 4.98 Å². The fourth-order valence-electron chi connectivity index (χ4n) is 8.06. The number of pyridine rings is 1. The van der Waals surface area contributed by atoms with Gasteiger partial charge in [0.2, 0.25) is 0 Å². The summed E-state index contributed by atoms with van der Waals surface area (Å²) in [4.78, 5) is 15.0. The summed E-state index contributed by atoms with van der Waals surface area (Å²) >= 11 is 0. The third kappa shape index (κ3) is 3.82. The Morgan fingerprint density at radius 3 is 2.76 bits per heavy atom. The highest BCUT2D eigenvalue weighted by Crippen LogP contribution is 2.66. The molecule has 0 bridgehead atoms. The lowest BCUT2D eigenvalue weighted by Gasteiger charge is -2.58. The van der Waals surface area contributed by atoms with Gasteiger partial charge < -0.3 is 14.9 Å². The maximum Gasteiger partial charge on any atom is 0.505 e. The smallest absolute Gasteiger partial charge is 0.450 e. The molecular formula is C28H37NO4. The van der Waals surface area contributed by atoms with Crippen LogP contribution in [0.4, 0.5) is 4.79 Å². The summed E-state index contributed by atoms with van der Waals surface area (Å²) in [5.41, 5.74) is 4.81. The number of aromatic nitrogens is 1. The molecule has 1 unspecified atom stereocenters. The van der Waals surface area contributed by atoms with Crippen molar-refractivity contribution >= 4 is 11.7 Å². The molecule has 4 aliphatic rings. The van der Waals surface area contributed by atoms with Crippen LogP contribution in [0.25, 0.3) is 5.57 Å². The SMILES string of the molecule is C[C@]12CC[C@H](C(O)CCOC(=O)O)CC1=CC[C@@H]1[C@@H]2CC[C@]2(C)C(c3cccnc3)=CC[C@@H]12. The minimum atomic E-state index is -1.27. The third-order valence-electron chi connectivity index (χ3n) is 9.88. The summed E-state index contributed by atoms with van der Waals surface area (Å²) < 4.78 is 4.62. The first-order valence-electron chi connectivity index (χ1n) is 12.7. The van der Waals surface area contributed by atoms with Crippen LogP contribution >= 0.6 is 0 Å². The highest BCUT2D eigenvalue weighted by atomic mass is 16.7. The van der Waals surface area contributed by atoms with Crippen LogP contribution in [0.5, 0.6) is 0 Å². The van der Waals surface area contributed by atoms with Crippen LogP contribution in [0, 0.1) is 34.5 Å². The van der Waals surface area contributed by atoms with E-state index >= 15 is 0 Å². The van der Waals surface area contributed by atoms with Crippen LogP contribution in [0.2, 0.25) is 0 Å². The first-order chi connectivity index (χ1) is 15.8. The number of allylic oxidation sites excluding steroid dienone is 4. The lowest BCUT2D eigenvalue weighted by molar-refractivity contribution is -0.0269. The predicted molar refractivity (Wildman–Crippen MR) is 127 cm³/mol. The molecule has 7 atom stereocenters. The van der Waals surface area contributed by atoms with E-state index in [1.54, 1.807) is 5.57 Å². The van der Waals surface area contributed by atoms with Gasteiger partial charge >= 0.3 is 6.16 Å². The highest BCUT2D eigenvalue weighted by molar-refractivity contribution is 5.72. The number of hydrogen-bond acceptors (Lipinski definition) is 4. The highest BCUT2D eigenvalue weighted by Gasteiger charge is 2.57. The van der Waals surface area contributed by atoms with Gasteiger partial charge in [0.25, 0.3) is 0 Å². The molecule has 0 amide bonds. The van der Waals surface area contributed by atoms with Crippen molar-refractivity contribution in [3.8, 4) is 0 Å². The fourth-order valence-corrected chi connectivity index (χ4v) is 8.06. The maximum absolute atomic E-state index is 10.7. The lowest BCUT2D eigenvalue weighted by atomic mass is 9.46. The maximum atomic E-state index is 10.7. The number of nitrogens with zero attached hydrogens (tertiary/aromatic N) is 1. The molecule has 2 fully saturated rings. The molecule has 5 heteroatoms. The number of ether oxygens (including phenoxy) is 1. The zero-order valence-electron chi connectivity index (χ0n) is 19.9. The topological polar surface area (TPSA) is 79.7 Å². The number of aliphatic hydroxyl groups excluding tert-OH is 1. The van der Waals surface area contributed by atoms with Gasteiger partial charge in [0.05, 0.1) is 12.7 Å². The van der Waals surface area contributed by atoms with Crippen molar-refractivity contribution in [3.63, 3.8) is 0 Å². The molecule has 5 nitrogen and oxygen atoms in total. The van der Waals surface area contributed by atoms with Crippen LogP contribution in [-0.2, 0) is 4.74 Å². The van der Waals surface area contributed by atoms with Gasteiger partial charge in [-0.1, -0.05) is 37.6 Å². The summed E-state index contributed by atoms with van der Waals surface area (Å²) in [5, 5.41) is 19.4. The first-order valence-corrected chi connectivity index (χ1v) is 12.7. The Balaban J connectivity index is 1.31. The Morgan fingerprint density at radius 1 is 1.18 bits per heavy atom. The minimum Gasteiger partial charge on any atom is -0.450 e. The molecule has 0 aromatic carbocycles. The Morgan fingerprint density at radius 2 is 2.00 bits per heavy atom. The Kier molecular flexibility index (Phi) is 5.88. The van der Waals surface area contributed by atoms with Crippen LogP contribution in [0.3, 0.4) is 0 Å². The molecule has 1 heterocycles. The Labute approximate surface area is 197 Å². The number of carbonyl (C=O) groups is 1. The van der Waals surface area contributed by atoms with Crippen LogP contribution in [0.1, 0.15) is 70.8 Å². The van der Waals surface area contributed by atoms with Gasteiger partial charge in [-0.25, -0.2) is 4.79 Å². The van der Waals surface area contributed by atoms with E-state index in [-0.39, 0.29) is 23.4 Å². The van der Waals surface area contributed by atoms with Crippen molar-refractivity contribution in [2.24, 2.45) is 34.5 Å². The number of fused-ring (bicyclic) bond motifs is 5. The van der Waals surface area contributed by atoms with E-state index in [4.69, 9.17) is 5.11 Å². The first kappa shape index (κ1) is 22.6. The third-order valence-corrected chi connectivity index (χ3v) is 9.88. The average molecular weight is 452 g/mol. The van der Waals surface area contributed by atoms with E-state index in [0.29, 0.717) is 24.2 Å². The molecule has 2 N–H and O–H groups in total. The van der Waals surface area contributed by atoms with Gasteiger partial charge in [-0.2, -0.15) is 0 Å². The average Bonchev–Trinajstić information content (AvgIpc) is 3.16. The number of aliphatic hydroxyl groups is 1. The molecule has 33 heavy (non-hydrogen) atoms. The van der Waals surface area contributed by atoms with Crippen molar-refractivity contribution < 1.29 is 19.7 Å². The molecule has 178 valence electrons. The van der Waals surface area contributed by atoms with Gasteiger partial charge in [0.1, 0.15) is 0 Å². The summed E-state index contributed by atoms with van der Waals surface area (Å²) in [6.45, 7) is 5.05. The number of carboxylic acid groups (broad SMARTS) is 1. The number of hydrogen-bond donors (Lipinski definition) is 2. The predicted octanol–water partition coefficient (Wildman–Crippen LogP) is 6.10. The zero-order valence-corrected chi connectivity index (χ0v) is 19.9. The second-order valence-corrected chi connectivity index (χ2v) is 11.3.